The van der Waals surface area contributed by atoms with Crippen LogP contribution in [0.25, 0.3) is 11.1 Å². The van der Waals surface area contributed by atoms with Gasteiger partial charge in [0.1, 0.15) is 23.9 Å². The smallest absolute Gasteiger partial charge is 0.302 e. The Hall–Kier alpha value is -1.74. The molecule has 0 fully saturated rings. The van der Waals surface area contributed by atoms with Crippen molar-refractivity contribution in [2.75, 3.05) is 12.4 Å². The first-order chi connectivity index (χ1) is 10.2. The van der Waals surface area contributed by atoms with E-state index in [0.29, 0.717) is 6.61 Å². The number of hydrogen-bond donors (Lipinski definition) is 0. The molecular formula is C18H19O2S+. The predicted octanol–water partition coefficient (Wildman–Crippen LogP) is 3.55. The second-order valence-electron chi connectivity index (χ2n) is 5.26. The van der Waals surface area contributed by atoms with Crippen LogP contribution in [0.5, 0.6) is 0 Å². The molecule has 1 aliphatic rings. The first-order valence-corrected chi connectivity index (χ1v) is 8.91. The summed E-state index contributed by atoms with van der Waals surface area (Å²) < 4.78 is 5.13. The van der Waals surface area contributed by atoms with Crippen LogP contribution in [0.4, 0.5) is 0 Å². The van der Waals surface area contributed by atoms with Gasteiger partial charge in [0.25, 0.3) is 0 Å². The van der Waals surface area contributed by atoms with E-state index in [1.807, 2.05) is 0 Å². The number of benzene rings is 2. The molecule has 3 heteroatoms. The van der Waals surface area contributed by atoms with Gasteiger partial charge in [-0.3, -0.25) is 4.79 Å². The molecule has 0 bridgehead atoms. The third-order valence-electron chi connectivity index (χ3n) is 3.72. The van der Waals surface area contributed by atoms with Crippen LogP contribution in [-0.2, 0) is 31.9 Å². The van der Waals surface area contributed by atoms with Gasteiger partial charge < -0.3 is 4.74 Å². The Morgan fingerprint density at radius 1 is 1.00 bits per heavy atom. The molecule has 2 aromatic carbocycles. The van der Waals surface area contributed by atoms with Gasteiger partial charge >= 0.3 is 5.97 Å². The summed E-state index contributed by atoms with van der Waals surface area (Å²) in [6, 6.07) is 17.3. The molecule has 0 saturated heterocycles. The van der Waals surface area contributed by atoms with Crippen LogP contribution >= 0.6 is 0 Å². The fourth-order valence-corrected chi connectivity index (χ4v) is 4.85. The minimum atomic E-state index is -0.186. The molecule has 2 nitrogen and oxygen atoms in total. The summed E-state index contributed by atoms with van der Waals surface area (Å²) in [5.41, 5.74) is 5.54. The van der Waals surface area contributed by atoms with E-state index in [2.05, 4.69) is 48.5 Å². The molecule has 1 aliphatic heterocycles. The van der Waals surface area contributed by atoms with Gasteiger partial charge in [0.2, 0.25) is 0 Å². The normalized spacial score (nSPS) is 14.0. The number of ether oxygens (including phenoxy) is 1. The maximum absolute atomic E-state index is 10.9. The van der Waals surface area contributed by atoms with Crippen LogP contribution in [0.3, 0.4) is 0 Å². The standard InChI is InChI=1S/C18H19O2S/c1-14(19)20-10-11-21-12-15-6-2-4-8-17(15)18-9-5-3-7-16(18)13-21/h2-9H,10-13H2,1H3/q+1. The van der Waals surface area contributed by atoms with Crippen LogP contribution in [-0.4, -0.2) is 18.3 Å². The molecular weight excluding hydrogens is 280 g/mol. The van der Waals surface area contributed by atoms with Crippen molar-refractivity contribution in [3.05, 3.63) is 59.7 Å². The summed E-state index contributed by atoms with van der Waals surface area (Å²) >= 11 is 0. The van der Waals surface area contributed by atoms with E-state index < -0.39 is 0 Å². The molecule has 0 amide bonds. The van der Waals surface area contributed by atoms with Crippen molar-refractivity contribution < 1.29 is 9.53 Å². The summed E-state index contributed by atoms with van der Waals surface area (Å²) in [5, 5.41) is 0. The lowest BCUT2D eigenvalue weighted by Crippen LogP contribution is -2.17. The molecule has 0 atom stereocenters. The number of carbonyl (C=O) groups excluding carboxylic acids is 1. The SMILES string of the molecule is CC(=O)OCC[S+]1Cc2ccccc2-c2ccccc2C1. The fraction of sp³-hybridized carbons (Fsp3) is 0.278. The quantitative estimate of drug-likeness (QED) is 0.640. The van der Waals surface area contributed by atoms with Crippen molar-refractivity contribution in [1.82, 2.24) is 0 Å². The van der Waals surface area contributed by atoms with Crippen molar-refractivity contribution in [1.29, 1.82) is 0 Å². The molecule has 0 aliphatic carbocycles. The molecule has 0 aromatic heterocycles. The maximum atomic E-state index is 10.9. The minimum Gasteiger partial charge on any atom is -0.461 e. The van der Waals surface area contributed by atoms with E-state index >= 15 is 0 Å². The molecule has 21 heavy (non-hydrogen) atoms. The van der Waals surface area contributed by atoms with E-state index in [-0.39, 0.29) is 16.9 Å². The molecule has 0 spiro atoms. The fourth-order valence-electron chi connectivity index (χ4n) is 2.76. The molecule has 0 unspecified atom stereocenters. The van der Waals surface area contributed by atoms with Crippen LogP contribution in [0.2, 0.25) is 0 Å². The average molecular weight is 299 g/mol. The predicted molar refractivity (Wildman–Crippen MR) is 88.2 cm³/mol. The Balaban J connectivity index is 1.88. The Labute approximate surface area is 128 Å². The van der Waals surface area contributed by atoms with Crippen molar-refractivity contribution in [3.8, 4) is 11.1 Å². The van der Waals surface area contributed by atoms with Gasteiger partial charge in [-0.1, -0.05) is 48.5 Å². The molecule has 1 heterocycles. The number of rotatable bonds is 3. The van der Waals surface area contributed by atoms with Crippen LogP contribution in [0, 0.1) is 0 Å². The zero-order valence-electron chi connectivity index (χ0n) is 12.2. The van der Waals surface area contributed by atoms with Gasteiger partial charge in [-0.25, -0.2) is 0 Å². The van der Waals surface area contributed by atoms with E-state index in [4.69, 9.17) is 4.74 Å². The van der Waals surface area contributed by atoms with E-state index in [0.717, 1.165) is 17.3 Å². The third kappa shape index (κ3) is 3.30. The van der Waals surface area contributed by atoms with Crippen molar-refractivity contribution in [2.45, 2.75) is 18.4 Å². The highest BCUT2D eigenvalue weighted by atomic mass is 32.2. The summed E-state index contributed by atoms with van der Waals surface area (Å²) in [6.45, 7) is 2.00. The molecule has 3 rings (SSSR count). The first kappa shape index (κ1) is 14.2. The lowest BCUT2D eigenvalue weighted by Gasteiger charge is -2.07. The number of carbonyl (C=O) groups is 1. The second-order valence-corrected chi connectivity index (χ2v) is 7.47. The highest BCUT2D eigenvalue weighted by Crippen LogP contribution is 2.34. The van der Waals surface area contributed by atoms with Crippen molar-refractivity contribution in [3.63, 3.8) is 0 Å². The van der Waals surface area contributed by atoms with Gasteiger partial charge in [-0.2, -0.15) is 0 Å². The van der Waals surface area contributed by atoms with Crippen molar-refractivity contribution >= 4 is 16.9 Å². The number of fused-ring (bicyclic) bond motifs is 3. The maximum Gasteiger partial charge on any atom is 0.302 e. The average Bonchev–Trinajstić information content (AvgIpc) is 2.63. The highest BCUT2D eigenvalue weighted by molar-refractivity contribution is 7.95. The second kappa shape index (κ2) is 6.35. The zero-order valence-corrected chi connectivity index (χ0v) is 13.0. The largest absolute Gasteiger partial charge is 0.461 e. The van der Waals surface area contributed by atoms with Crippen LogP contribution < -0.4 is 0 Å². The Bertz CT molecular complexity index is 604. The monoisotopic (exact) mass is 299 g/mol. The zero-order chi connectivity index (χ0) is 14.7. The molecule has 108 valence electrons. The van der Waals surface area contributed by atoms with Crippen molar-refractivity contribution in [2.24, 2.45) is 0 Å². The lowest BCUT2D eigenvalue weighted by molar-refractivity contribution is -0.140. The molecule has 0 N–H and O–H groups in total. The number of hydrogen-bond acceptors (Lipinski definition) is 2. The minimum absolute atomic E-state index is 0.186. The highest BCUT2D eigenvalue weighted by Gasteiger charge is 2.27. The summed E-state index contributed by atoms with van der Waals surface area (Å²) in [6.07, 6.45) is 0. The Kier molecular flexibility index (Phi) is 4.30. The van der Waals surface area contributed by atoms with Gasteiger partial charge in [0, 0.05) is 18.1 Å². The van der Waals surface area contributed by atoms with Crippen LogP contribution in [0.1, 0.15) is 18.1 Å². The van der Waals surface area contributed by atoms with Gasteiger partial charge in [0.05, 0.1) is 0 Å². The Morgan fingerprint density at radius 2 is 1.52 bits per heavy atom. The summed E-state index contributed by atoms with van der Waals surface area (Å²) in [4.78, 5) is 10.9. The van der Waals surface area contributed by atoms with Crippen LogP contribution in [0.15, 0.2) is 48.5 Å². The third-order valence-corrected chi connectivity index (χ3v) is 5.90. The van der Waals surface area contributed by atoms with E-state index in [9.17, 15) is 4.79 Å². The van der Waals surface area contributed by atoms with Gasteiger partial charge in [-0.05, 0) is 22.0 Å². The first-order valence-electron chi connectivity index (χ1n) is 7.17. The number of esters is 1. The summed E-state index contributed by atoms with van der Waals surface area (Å²) in [7, 11) is 0.222. The molecule has 2 aromatic rings. The topological polar surface area (TPSA) is 26.3 Å². The Morgan fingerprint density at radius 3 is 2.05 bits per heavy atom. The molecule has 0 saturated carbocycles. The van der Waals surface area contributed by atoms with Gasteiger partial charge in [-0.15, -0.1) is 0 Å². The summed E-state index contributed by atoms with van der Waals surface area (Å²) in [5.74, 6) is 2.91. The molecule has 0 radical (unpaired) electrons. The van der Waals surface area contributed by atoms with E-state index in [1.54, 1.807) is 0 Å². The lowest BCUT2D eigenvalue weighted by atomic mass is 9.97. The van der Waals surface area contributed by atoms with Gasteiger partial charge in [0.15, 0.2) is 0 Å². The van der Waals surface area contributed by atoms with E-state index in [1.165, 1.54) is 29.2 Å².